The Labute approximate surface area is 107 Å². The van der Waals surface area contributed by atoms with Crippen molar-refractivity contribution in [3.05, 3.63) is 11.6 Å². The fourth-order valence-corrected chi connectivity index (χ4v) is 3.02. The highest BCUT2D eigenvalue weighted by Crippen LogP contribution is 2.48. The molecule has 0 unspecified atom stereocenters. The number of esters is 1. The standard InChI is InChI=1S/C13H19N3O2/c1-16-11(13(7-8-13)12(17)18-2)14-10(15-16)9-5-3-4-6-9/h9H,3-8H2,1-2H3. The largest absolute Gasteiger partial charge is 0.468 e. The van der Waals surface area contributed by atoms with Crippen molar-refractivity contribution in [2.75, 3.05) is 7.11 Å². The SMILES string of the molecule is COC(=O)C1(c2nc(C3CCCC3)nn2C)CC1. The normalized spacial score (nSPS) is 22.1. The predicted octanol–water partition coefficient (Wildman–Crippen LogP) is 1.68. The van der Waals surface area contributed by atoms with Gasteiger partial charge in [0.05, 0.1) is 7.11 Å². The first-order chi connectivity index (χ1) is 8.67. The maximum absolute atomic E-state index is 11.9. The highest BCUT2D eigenvalue weighted by molar-refractivity contribution is 5.85. The minimum Gasteiger partial charge on any atom is -0.468 e. The van der Waals surface area contributed by atoms with E-state index in [9.17, 15) is 4.79 Å². The lowest BCUT2D eigenvalue weighted by Gasteiger charge is -2.10. The van der Waals surface area contributed by atoms with Gasteiger partial charge in [-0.1, -0.05) is 12.8 Å². The first kappa shape index (κ1) is 11.7. The van der Waals surface area contributed by atoms with Crippen LogP contribution in [0.5, 0.6) is 0 Å². The lowest BCUT2D eigenvalue weighted by Crippen LogP contribution is -2.25. The summed E-state index contributed by atoms with van der Waals surface area (Å²) in [5, 5.41) is 4.51. The smallest absolute Gasteiger partial charge is 0.319 e. The van der Waals surface area contributed by atoms with Crippen molar-refractivity contribution in [2.45, 2.75) is 49.9 Å². The van der Waals surface area contributed by atoms with E-state index in [0.717, 1.165) is 24.5 Å². The van der Waals surface area contributed by atoms with Crippen LogP contribution in [0.25, 0.3) is 0 Å². The molecular weight excluding hydrogens is 230 g/mol. The summed E-state index contributed by atoms with van der Waals surface area (Å²) in [6.07, 6.45) is 6.54. The zero-order chi connectivity index (χ0) is 12.8. The molecule has 18 heavy (non-hydrogen) atoms. The second-order valence-electron chi connectivity index (χ2n) is 5.47. The Kier molecular flexibility index (Phi) is 2.64. The lowest BCUT2D eigenvalue weighted by atomic mass is 10.1. The van der Waals surface area contributed by atoms with Gasteiger partial charge in [0, 0.05) is 13.0 Å². The first-order valence-electron chi connectivity index (χ1n) is 6.67. The van der Waals surface area contributed by atoms with E-state index < -0.39 is 5.41 Å². The van der Waals surface area contributed by atoms with Gasteiger partial charge in [-0.3, -0.25) is 9.48 Å². The molecule has 1 aromatic heterocycles. The minimum atomic E-state index is -0.507. The van der Waals surface area contributed by atoms with Gasteiger partial charge in [-0.15, -0.1) is 0 Å². The molecule has 2 aliphatic rings. The molecular formula is C13H19N3O2. The fourth-order valence-electron chi connectivity index (χ4n) is 3.02. The predicted molar refractivity (Wildman–Crippen MR) is 65.1 cm³/mol. The first-order valence-corrected chi connectivity index (χ1v) is 6.67. The van der Waals surface area contributed by atoms with Crippen LogP contribution >= 0.6 is 0 Å². The van der Waals surface area contributed by atoms with Crippen LogP contribution < -0.4 is 0 Å². The van der Waals surface area contributed by atoms with E-state index in [4.69, 9.17) is 4.74 Å². The Morgan fingerprint density at radius 1 is 1.39 bits per heavy atom. The van der Waals surface area contributed by atoms with Crippen molar-refractivity contribution in [1.82, 2.24) is 14.8 Å². The van der Waals surface area contributed by atoms with E-state index in [1.165, 1.54) is 32.8 Å². The average Bonchev–Trinajstić information content (AvgIpc) is 2.83. The summed E-state index contributed by atoms with van der Waals surface area (Å²) in [5.41, 5.74) is -0.507. The highest BCUT2D eigenvalue weighted by atomic mass is 16.5. The third-order valence-corrected chi connectivity index (χ3v) is 4.25. The number of rotatable bonds is 3. The number of methoxy groups -OCH3 is 1. The van der Waals surface area contributed by atoms with Gasteiger partial charge >= 0.3 is 5.97 Å². The molecule has 1 heterocycles. The summed E-state index contributed by atoms with van der Waals surface area (Å²) in [6, 6.07) is 0. The molecule has 1 aromatic rings. The third-order valence-electron chi connectivity index (χ3n) is 4.25. The summed E-state index contributed by atoms with van der Waals surface area (Å²) in [4.78, 5) is 16.5. The Hall–Kier alpha value is -1.39. The Bertz CT molecular complexity index is 471. The van der Waals surface area contributed by atoms with E-state index >= 15 is 0 Å². The minimum absolute atomic E-state index is 0.170. The lowest BCUT2D eigenvalue weighted by molar-refractivity contribution is -0.144. The van der Waals surface area contributed by atoms with E-state index in [-0.39, 0.29) is 5.97 Å². The number of aromatic nitrogens is 3. The molecule has 0 atom stereocenters. The summed E-state index contributed by atoms with van der Waals surface area (Å²) >= 11 is 0. The Balaban J connectivity index is 1.91. The fraction of sp³-hybridized carbons (Fsp3) is 0.769. The van der Waals surface area contributed by atoms with E-state index in [1.807, 2.05) is 7.05 Å². The maximum atomic E-state index is 11.9. The van der Waals surface area contributed by atoms with E-state index in [2.05, 4.69) is 10.1 Å². The summed E-state index contributed by atoms with van der Waals surface area (Å²) < 4.78 is 6.68. The van der Waals surface area contributed by atoms with Gasteiger partial charge in [0.1, 0.15) is 11.2 Å². The molecule has 0 amide bonds. The monoisotopic (exact) mass is 249 g/mol. The van der Waals surface area contributed by atoms with Crippen molar-refractivity contribution in [1.29, 1.82) is 0 Å². The molecule has 0 radical (unpaired) electrons. The molecule has 0 aromatic carbocycles. The van der Waals surface area contributed by atoms with Gasteiger partial charge in [0.2, 0.25) is 0 Å². The van der Waals surface area contributed by atoms with Crippen LogP contribution in [0.1, 0.15) is 56.1 Å². The molecule has 0 aliphatic heterocycles. The number of aryl methyl sites for hydroxylation is 1. The van der Waals surface area contributed by atoms with E-state index in [0.29, 0.717) is 5.92 Å². The molecule has 3 rings (SSSR count). The van der Waals surface area contributed by atoms with Gasteiger partial charge in [-0.05, 0) is 25.7 Å². The molecule has 0 N–H and O–H groups in total. The summed E-state index contributed by atoms with van der Waals surface area (Å²) in [5.74, 6) is 2.02. The molecule has 0 bridgehead atoms. The zero-order valence-corrected chi connectivity index (χ0v) is 11.0. The van der Waals surface area contributed by atoms with Crippen LogP contribution in [0.4, 0.5) is 0 Å². The zero-order valence-electron chi connectivity index (χ0n) is 11.0. The number of carbonyl (C=O) groups excluding carboxylic acids is 1. The van der Waals surface area contributed by atoms with Crippen LogP contribution in [0.2, 0.25) is 0 Å². The van der Waals surface area contributed by atoms with Crippen LogP contribution in [0.15, 0.2) is 0 Å². The third kappa shape index (κ3) is 1.64. The second kappa shape index (κ2) is 4.07. The molecule has 2 aliphatic carbocycles. The molecule has 5 nitrogen and oxygen atoms in total. The van der Waals surface area contributed by atoms with Gasteiger partial charge in [0.15, 0.2) is 5.82 Å². The number of carbonyl (C=O) groups is 1. The van der Waals surface area contributed by atoms with E-state index in [1.54, 1.807) is 4.68 Å². The molecule has 2 saturated carbocycles. The molecule has 0 spiro atoms. The molecule has 0 saturated heterocycles. The van der Waals surface area contributed by atoms with Gasteiger partial charge in [0.25, 0.3) is 0 Å². The number of hydrogen-bond acceptors (Lipinski definition) is 4. The summed E-state index contributed by atoms with van der Waals surface area (Å²) in [6.45, 7) is 0. The molecule has 98 valence electrons. The van der Waals surface area contributed by atoms with Gasteiger partial charge in [-0.2, -0.15) is 5.10 Å². The van der Waals surface area contributed by atoms with Gasteiger partial charge in [-0.25, -0.2) is 4.98 Å². The van der Waals surface area contributed by atoms with Crippen LogP contribution in [-0.2, 0) is 22.0 Å². The van der Waals surface area contributed by atoms with Crippen LogP contribution in [0, 0.1) is 0 Å². The molecule has 2 fully saturated rings. The van der Waals surface area contributed by atoms with Crippen molar-refractivity contribution in [2.24, 2.45) is 7.05 Å². The topological polar surface area (TPSA) is 57.0 Å². The summed E-state index contributed by atoms with van der Waals surface area (Å²) in [7, 11) is 3.32. The molecule has 5 heteroatoms. The number of hydrogen-bond donors (Lipinski definition) is 0. The van der Waals surface area contributed by atoms with Gasteiger partial charge < -0.3 is 4.74 Å². The Morgan fingerprint density at radius 2 is 2.06 bits per heavy atom. The van der Waals surface area contributed by atoms with Crippen LogP contribution in [-0.4, -0.2) is 27.8 Å². The average molecular weight is 249 g/mol. The second-order valence-corrected chi connectivity index (χ2v) is 5.47. The van der Waals surface area contributed by atoms with Crippen molar-refractivity contribution >= 4 is 5.97 Å². The van der Waals surface area contributed by atoms with Crippen molar-refractivity contribution in [3.8, 4) is 0 Å². The van der Waals surface area contributed by atoms with Crippen molar-refractivity contribution in [3.63, 3.8) is 0 Å². The maximum Gasteiger partial charge on any atom is 0.319 e. The van der Waals surface area contributed by atoms with Crippen molar-refractivity contribution < 1.29 is 9.53 Å². The van der Waals surface area contributed by atoms with Crippen LogP contribution in [0.3, 0.4) is 0 Å². The quantitative estimate of drug-likeness (QED) is 0.765. The Morgan fingerprint density at radius 3 is 2.61 bits per heavy atom. The number of ether oxygens (including phenoxy) is 1. The number of nitrogens with zero attached hydrogens (tertiary/aromatic N) is 3. The highest BCUT2D eigenvalue weighted by Gasteiger charge is 2.56.